The van der Waals surface area contributed by atoms with Gasteiger partial charge in [0.2, 0.25) is 0 Å². The van der Waals surface area contributed by atoms with Crippen LogP contribution in [0.25, 0.3) is 5.52 Å². The Morgan fingerprint density at radius 1 is 1.43 bits per heavy atom. The molecule has 21 heavy (non-hydrogen) atoms. The molecule has 2 aromatic heterocycles. The number of aromatic nitrogens is 2. The molecular weight excluding hydrogens is 270 g/mol. The summed E-state index contributed by atoms with van der Waals surface area (Å²) < 4.78 is 1.73. The van der Waals surface area contributed by atoms with Crippen molar-refractivity contribution in [2.24, 2.45) is 0 Å². The lowest BCUT2D eigenvalue weighted by Crippen LogP contribution is -2.33. The van der Waals surface area contributed by atoms with Gasteiger partial charge >= 0.3 is 5.97 Å². The molecule has 1 fully saturated rings. The van der Waals surface area contributed by atoms with Crippen LogP contribution < -0.4 is 0 Å². The maximum Gasteiger partial charge on any atom is 0.356 e. The summed E-state index contributed by atoms with van der Waals surface area (Å²) in [5.74, 6) is -0.171. The molecule has 0 bridgehead atoms. The molecule has 1 saturated heterocycles. The van der Waals surface area contributed by atoms with E-state index in [1.165, 1.54) is 6.07 Å². The Labute approximate surface area is 122 Å². The first-order valence-corrected chi connectivity index (χ1v) is 7.27. The van der Waals surface area contributed by atoms with E-state index in [0.717, 1.165) is 38.3 Å². The van der Waals surface area contributed by atoms with Gasteiger partial charge in [-0.05, 0) is 44.6 Å². The Balaban J connectivity index is 2.04. The first-order chi connectivity index (χ1) is 10.1. The second-order valence-corrected chi connectivity index (χ2v) is 5.44. The van der Waals surface area contributed by atoms with Gasteiger partial charge in [0.1, 0.15) is 17.1 Å². The van der Waals surface area contributed by atoms with E-state index >= 15 is 0 Å². The molecule has 0 radical (unpaired) electrons. The minimum absolute atomic E-state index is 0.0420. The van der Waals surface area contributed by atoms with Crippen molar-refractivity contribution in [3.8, 4) is 5.75 Å². The van der Waals surface area contributed by atoms with Crippen LogP contribution >= 0.6 is 0 Å². The van der Waals surface area contributed by atoms with Gasteiger partial charge < -0.3 is 15.1 Å². The van der Waals surface area contributed by atoms with Crippen LogP contribution in [0.2, 0.25) is 0 Å². The monoisotopic (exact) mass is 289 g/mol. The summed E-state index contributed by atoms with van der Waals surface area (Å²) in [7, 11) is 0. The van der Waals surface area contributed by atoms with Crippen molar-refractivity contribution >= 4 is 11.5 Å². The molecule has 1 aliphatic heterocycles. The number of carbonyl (C=O) groups is 1. The zero-order chi connectivity index (χ0) is 15.0. The van der Waals surface area contributed by atoms with Crippen molar-refractivity contribution < 1.29 is 15.0 Å². The summed E-state index contributed by atoms with van der Waals surface area (Å²) in [6.07, 6.45) is 3.69. The highest BCUT2D eigenvalue weighted by Crippen LogP contribution is 2.31. The molecule has 6 heteroatoms. The van der Waals surface area contributed by atoms with Crippen molar-refractivity contribution in [3.05, 3.63) is 29.8 Å². The third-order valence-corrected chi connectivity index (χ3v) is 4.27. The number of aromatic hydroxyl groups is 1. The summed E-state index contributed by atoms with van der Waals surface area (Å²) in [4.78, 5) is 18.1. The van der Waals surface area contributed by atoms with E-state index in [0.29, 0.717) is 0 Å². The molecule has 0 aliphatic carbocycles. The number of fused-ring (bicyclic) bond motifs is 1. The molecule has 0 saturated carbocycles. The summed E-state index contributed by atoms with van der Waals surface area (Å²) in [5.41, 5.74) is 0.221. The molecule has 3 rings (SSSR count). The van der Waals surface area contributed by atoms with Gasteiger partial charge in [0.15, 0.2) is 5.69 Å². The number of hydrogen-bond acceptors (Lipinski definition) is 4. The molecule has 2 aromatic rings. The maximum atomic E-state index is 11.4. The third kappa shape index (κ3) is 2.35. The first kappa shape index (κ1) is 13.9. The molecule has 112 valence electrons. The van der Waals surface area contributed by atoms with Crippen molar-refractivity contribution in [3.63, 3.8) is 0 Å². The minimum Gasteiger partial charge on any atom is -0.506 e. The zero-order valence-corrected chi connectivity index (χ0v) is 12.0. The van der Waals surface area contributed by atoms with E-state index in [-0.39, 0.29) is 22.9 Å². The molecular formula is C15H19N3O3. The molecule has 0 amide bonds. The van der Waals surface area contributed by atoms with Crippen LogP contribution in [0.4, 0.5) is 0 Å². The third-order valence-electron chi connectivity index (χ3n) is 4.27. The van der Waals surface area contributed by atoms with Gasteiger partial charge in [0, 0.05) is 12.1 Å². The van der Waals surface area contributed by atoms with E-state index in [1.54, 1.807) is 16.7 Å². The minimum atomic E-state index is -1.11. The van der Waals surface area contributed by atoms with Crippen LogP contribution in [0.15, 0.2) is 18.3 Å². The fourth-order valence-corrected chi connectivity index (χ4v) is 3.09. The lowest BCUT2D eigenvalue weighted by atomic mass is 9.96. The van der Waals surface area contributed by atoms with Crippen molar-refractivity contribution in [1.29, 1.82) is 0 Å². The molecule has 0 atom stereocenters. The van der Waals surface area contributed by atoms with E-state index in [1.807, 2.05) is 0 Å². The number of hydrogen-bond donors (Lipinski definition) is 2. The predicted octanol–water partition coefficient (Wildman–Crippen LogP) is 1.94. The van der Waals surface area contributed by atoms with Gasteiger partial charge in [-0.2, -0.15) is 0 Å². The predicted molar refractivity (Wildman–Crippen MR) is 77.9 cm³/mol. The summed E-state index contributed by atoms with van der Waals surface area (Å²) in [5, 5.41) is 19.3. The summed E-state index contributed by atoms with van der Waals surface area (Å²) >= 11 is 0. The topological polar surface area (TPSA) is 78.1 Å². The number of carboxylic acids is 1. The van der Waals surface area contributed by atoms with Gasteiger partial charge in [-0.15, -0.1) is 0 Å². The van der Waals surface area contributed by atoms with Crippen LogP contribution in [0.1, 0.15) is 42.0 Å². The second-order valence-electron chi connectivity index (χ2n) is 5.44. The highest BCUT2D eigenvalue weighted by Gasteiger charge is 2.27. The lowest BCUT2D eigenvalue weighted by Gasteiger charge is -2.30. The number of rotatable bonds is 3. The van der Waals surface area contributed by atoms with Crippen LogP contribution in [0, 0.1) is 0 Å². The van der Waals surface area contributed by atoms with Gasteiger partial charge in [0.25, 0.3) is 0 Å². The smallest absolute Gasteiger partial charge is 0.356 e. The highest BCUT2D eigenvalue weighted by molar-refractivity contribution is 5.95. The zero-order valence-electron chi connectivity index (χ0n) is 12.0. The molecule has 0 aromatic carbocycles. The first-order valence-electron chi connectivity index (χ1n) is 7.27. The van der Waals surface area contributed by atoms with Crippen LogP contribution in [0.5, 0.6) is 5.75 Å². The number of aromatic carboxylic acids is 1. The number of imidazole rings is 1. The number of carboxylic acid groups (broad SMARTS) is 1. The van der Waals surface area contributed by atoms with E-state index in [4.69, 9.17) is 0 Å². The molecule has 2 N–H and O–H groups in total. The van der Waals surface area contributed by atoms with Gasteiger partial charge in [-0.3, -0.25) is 4.40 Å². The Hall–Kier alpha value is -2.08. The van der Waals surface area contributed by atoms with E-state index in [9.17, 15) is 15.0 Å². The largest absolute Gasteiger partial charge is 0.506 e. The van der Waals surface area contributed by atoms with Crippen molar-refractivity contribution in [2.45, 2.75) is 25.7 Å². The molecule has 6 nitrogen and oxygen atoms in total. The highest BCUT2D eigenvalue weighted by atomic mass is 16.4. The standard InChI is InChI=1S/C15H19N3O3/c1-2-17-8-5-10(6-9-17)14-16-12(15(20)21)13-11(19)4-3-7-18(13)14/h3-4,7,10,19H,2,5-6,8-9H2,1H3,(H,20,21). The number of pyridine rings is 1. The van der Waals surface area contributed by atoms with E-state index in [2.05, 4.69) is 16.8 Å². The average molecular weight is 289 g/mol. The van der Waals surface area contributed by atoms with Gasteiger partial charge in [0.05, 0.1) is 0 Å². The normalized spacial score (nSPS) is 17.4. The van der Waals surface area contributed by atoms with Gasteiger partial charge in [-0.25, -0.2) is 9.78 Å². The number of nitrogens with zero attached hydrogens (tertiary/aromatic N) is 3. The maximum absolute atomic E-state index is 11.4. The quantitative estimate of drug-likeness (QED) is 0.903. The number of likely N-dealkylation sites (tertiary alicyclic amines) is 1. The molecule has 0 unspecified atom stereocenters. The Kier molecular flexibility index (Phi) is 3.55. The lowest BCUT2D eigenvalue weighted by molar-refractivity contribution is 0.0692. The fraction of sp³-hybridized carbons (Fsp3) is 0.467. The van der Waals surface area contributed by atoms with Gasteiger partial charge in [-0.1, -0.05) is 6.92 Å². The SMILES string of the molecule is CCN1CCC(c2nc(C(=O)O)c3c(O)cccn23)CC1. The van der Waals surface area contributed by atoms with Crippen LogP contribution in [-0.4, -0.2) is 50.1 Å². The number of piperidine rings is 1. The Morgan fingerprint density at radius 3 is 2.76 bits per heavy atom. The average Bonchev–Trinajstić information content (AvgIpc) is 2.88. The molecule has 3 heterocycles. The van der Waals surface area contributed by atoms with Crippen molar-refractivity contribution in [2.75, 3.05) is 19.6 Å². The Bertz CT molecular complexity index is 672. The molecule has 0 spiro atoms. The summed E-state index contributed by atoms with van der Waals surface area (Å²) in [6, 6.07) is 3.20. The van der Waals surface area contributed by atoms with Crippen LogP contribution in [-0.2, 0) is 0 Å². The second kappa shape index (κ2) is 5.37. The fourth-order valence-electron chi connectivity index (χ4n) is 3.09. The Morgan fingerprint density at radius 2 is 2.14 bits per heavy atom. The molecule has 1 aliphatic rings. The van der Waals surface area contributed by atoms with E-state index < -0.39 is 5.97 Å². The summed E-state index contributed by atoms with van der Waals surface area (Å²) in [6.45, 7) is 5.18. The van der Waals surface area contributed by atoms with Crippen molar-refractivity contribution in [1.82, 2.24) is 14.3 Å². The van der Waals surface area contributed by atoms with Crippen LogP contribution in [0.3, 0.4) is 0 Å².